The molecule has 2 N–H and O–H groups in total. The Morgan fingerprint density at radius 1 is 1.04 bits per heavy atom. The van der Waals surface area contributed by atoms with Crippen LogP contribution in [0.4, 0.5) is 5.69 Å². The van der Waals surface area contributed by atoms with Crippen molar-refractivity contribution in [2.75, 3.05) is 11.1 Å². The van der Waals surface area contributed by atoms with Gasteiger partial charge in [0.2, 0.25) is 5.91 Å². The third-order valence-corrected chi connectivity index (χ3v) is 5.97. The third kappa shape index (κ3) is 4.08. The Kier molecular flexibility index (Phi) is 5.30. The fraction of sp³-hybridized carbons (Fsp3) is 0.273. The molecule has 27 heavy (non-hydrogen) atoms. The number of aromatic nitrogens is 1. The molecule has 4 rings (SSSR count). The molecule has 0 aliphatic heterocycles. The lowest BCUT2D eigenvalue weighted by Gasteiger charge is -2.17. The van der Waals surface area contributed by atoms with E-state index in [4.69, 9.17) is 0 Å². The van der Waals surface area contributed by atoms with Gasteiger partial charge in [0.05, 0.1) is 5.52 Å². The molecule has 1 aliphatic rings. The molecule has 0 radical (unpaired) electrons. The van der Waals surface area contributed by atoms with Crippen LogP contribution in [-0.4, -0.2) is 16.6 Å². The van der Waals surface area contributed by atoms with Crippen molar-refractivity contribution in [2.24, 2.45) is 0 Å². The highest BCUT2D eigenvalue weighted by Gasteiger charge is 2.16. The molecule has 0 spiro atoms. The lowest BCUT2D eigenvalue weighted by Crippen LogP contribution is -2.19. The fourth-order valence-corrected chi connectivity index (χ4v) is 4.51. The minimum atomic E-state index is -0.0157. The number of thioether (sulfide) groups is 1. The lowest BCUT2D eigenvalue weighted by molar-refractivity contribution is -0.115. The third-order valence-electron chi connectivity index (χ3n) is 4.96. The minimum Gasteiger partial charge on any atom is -0.326 e. The quantitative estimate of drug-likeness (QED) is 0.641. The van der Waals surface area contributed by atoms with Crippen LogP contribution in [0.3, 0.4) is 0 Å². The Morgan fingerprint density at radius 2 is 1.81 bits per heavy atom. The summed E-state index contributed by atoms with van der Waals surface area (Å²) in [4.78, 5) is 28.7. The number of rotatable bonds is 5. The van der Waals surface area contributed by atoms with E-state index in [0.29, 0.717) is 6.42 Å². The van der Waals surface area contributed by atoms with E-state index >= 15 is 0 Å². The zero-order valence-electron chi connectivity index (χ0n) is 15.1. The van der Waals surface area contributed by atoms with Crippen molar-refractivity contribution in [1.29, 1.82) is 0 Å². The number of hydrogen-bond donors (Lipinski definition) is 2. The van der Waals surface area contributed by atoms with Gasteiger partial charge in [0.1, 0.15) is 0 Å². The van der Waals surface area contributed by atoms with Crippen LogP contribution in [0.15, 0.2) is 58.2 Å². The highest BCUT2D eigenvalue weighted by atomic mass is 32.2. The van der Waals surface area contributed by atoms with E-state index in [0.717, 1.165) is 53.6 Å². The molecule has 0 fully saturated rings. The largest absolute Gasteiger partial charge is 0.326 e. The van der Waals surface area contributed by atoms with Gasteiger partial charge in [0, 0.05) is 33.7 Å². The van der Waals surface area contributed by atoms with Gasteiger partial charge in [0.25, 0.3) is 5.56 Å². The van der Waals surface area contributed by atoms with E-state index in [2.05, 4.69) is 10.3 Å². The van der Waals surface area contributed by atoms with Crippen molar-refractivity contribution in [1.82, 2.24) is 4.98 Å². The molecule has 0 bridgehead atoms. The van der Waals surface area contributed by atoms with E-state index in [-0.39, 0.29) is 11.5 Å². The van der Waals surface area contributed by atoms with Crippen molar-refractivity contribution in [3.8, 4) is 0 Å². The van der Waals surface area contributed by atoms with Gasteiger partial charge in [-0.15, -0.1) is 11.8 Å². The van der Waals surface area contributed by atoms with Crippen molar-refractivity contribution in [3.63, 3.8) is 0 Å². The van der Waals surface area contributed by atoms with Crippen molar-refractivity contribution >= 4 is 34.3 Å². The molecule has 0 unspecified atom stereocenters. The van der Waals surface area contributed by atoms with Gasteiger partial charge >= 0.3 is 0 Å². The second kappa shape index (κ2) is 8.01. The van der Waals surface area contributed by atoms with Crippen molar-refractivity contribution < 1.29 is 4.79 Å². The first-order chi connectivity index (χ1) is 13.2. The molecule has 1 aliphatic carbocycles. The summed E-state index contributed by atoms with van der Waals surface area (Å²) in [5, 5.41) is 4.04. The van der Waals surface area contributed by atoms with Crippen LogP contribution in [0.5, 0.6) is 0 Å². The van der Waals surface area contributed by atoms with Gasteiger partial charge < -0.3 is 10.3 Å². The monoisotopic (exact) mass is 378 g/mol. The second-order valence-electron chi connectivity index (χ2n) is 6.84. The number of benzene rings is 2. The van der Waals surface area contributed by atoms with Crippen LogP contribution in [0.1, 0.15) is 30.4 Å². The smallest absolute Gasteiger partial charge is 0.251 e. The number of carbonyl (C=O) groups is 1. The Morgan fingerprint density at radius 3 is 2.63 bits per heavy atom. The summed E-state index contributed by atoms with van der Waals surface area (Å²) in [5.74, 6) is 0.714. The summed E-state index contributed by atoms with van der Waals surface area (Å²) in [6.45, 7) is 0. The minimum absolute atomic E-state index is 0.0138. The number of aromatic amines is 1. The van der Waals surface area contributed by atoms with E-state index in [1.807, 2.05) is 48.5 Å². The van der Waals surface area contributed by atoms with Crippen LogP contribution < -0.4 is 10.9 Å². The maximum atomic E-state index is 12.3. The molecular weight excluding hydrogens is 356 g/mol. The standard InChI is InChI=1S/C22H22N2O2S/c25-21(12-13-27-16-6-2-1-3-7-16)23-15-10-11-18-17-8-4-5-9-19(17)22(26)24-20(18)14-15/h1-3,6-7,10-11,14H,4-5,8-9,12-13H2,(H,23,25)(H,24,26). The normalized spacial score (nSPS) is 13.3. The summed E-state index contributed by atoms with van der Waals surface area (Å²) in [7, 11) is 0. The van der Waals surface area contributed by atoms with Gasteiger partial charge in [-0.1, -0.05) is 24.3 Å². The number of aryl methyl sites for hydroxylation is 1. The molecule has 1 heterocycles. The number of H-pyrrole nitrogens is 1. The summed E-state index contributed by atoms with van der Waals surface area (Å²) in [6.07, 6.45) is 4.47. The molecular formula is C22H22N2O2S. The predicted molar refractivity (Wildman–Crippen MR) is 112 cm³/mol. The molecule has 0 saturated heterocycles. The highest BCUT2D eigenvalue weighted by Crippen LogP contribution is 2.27. The molecule has 0 atom stereocenters. The van der Waals surface area contributed by atoms with Crippen LogP contribution >= 0.6 is 11.8 Å². The summed E-state index contributed by atoms with van der Waals surface area (Å²) in [5.41, 5.74) is 3.65. The first kappa shape index (κ1) is 17.9. The van der Waals surface area contributed by atoms with Gasteiger partial charge in [-0.2, -0.15) is 0 Å². The maximum Gasteiger partial charge on any atom is 0.251 e. The van der Waals surface area contributed by atoms with Gasteiger partial charge in [-0.25, -0.2) is 0 Å². The van der Waals surface area contributed by atoms with Crippen molar-refractivity contribution in [2.45, 2.75) is 37.0 Å². The molecule has 2 aromatic carbocycles. The molecule has 4 nitrogen and oxygen atoms in total. The highest BCUT2D eigenvalue weighted by molar-refractivity contribution is 7.99. The Bertz CT molecular complexity index is 1030. The number of carbonyl (C=O) groups excluding carboxylic acids is 1. The lowest BCUT2D eigenvalue weighted by atomic mass is 9.90. The van der Waals surface area contributed by atoms with E-state index in [1.165, 1.54) is 10.5 Å². The van der Waals surface area contributed by atoms with Gasteiger partial charge in [-0.3, -0.25) is 9.59 Å². The van der Waals surface area contributed by atoms with Gasteiger partial charge in [0.15, 0.2) is 0 Å². The molecule has 1 aromatic heterocycles. The summed E-state index contributed by atoms with van der Waals surface area (Å²) >= 11 is 1.67. The van der Waals surface area contributed by atoms with Crippen molar-refractivity contribution in [3.05, 3.63) is 70.0 Å². The number of pyridine rings is 1. The first-order valence-corrected chi connectivity index (χ1v) is 10.3. The topological polar surface area (TPSA) is 62.0 Å². The molecule has 0 saturated carbocycles. The number of anilines is 1. The van der Waals surface area contributed by atoms with E-state index in [1.54, 1.807) is 11.8 Å². The zero-order chi connectivity index (χ0) is 18.6. The van der Waals surface area contributed by atoms with Crippen LogP contribution in [-0.2, 0) is 17.6 Å². The predicted octanol–water partition coefficient (Wildman–Crippen LogP) is 4.53. The van der Waals surface area contributed by atoms with Crippen LogP contribution in [0, 0.1) is 0 Å². The Balaban J connectivity index is 1.44. The Hall–Kier alpha value is -2.53. The number of fused-ring (bicyclic) bond motifs is 3. The Labute approximate surface area is 162 Å². The average Bonchev–Trinajstić information content (AvgIpc) is 2.69. The molecule has 3 aromatic rings. The summed E-state index contributed by atoms with van der Waals surface area (Å²) < 4.78 is 0. The second-order valence-corrected chi connectivity index (χ2v) is 8.01. The fourth-order valence-electron chi connectivity index (χ4n) is 3.64. The zero-order valence-corrected chi connectivity index (χ0v) is 15.9. The molecule has 138 valence electrons. The van der Waals surface area contributed by atoms with E-state index in [9.17, 15) is 9.59 Å². The van der Waals surface area contributed by atoms with Crippen LogP contribution in [0.2, 0.25) is 0 Å². The van der Waals surface area contributed by atoms with Gasteiger partial charge in [-0.05, 0) is 55.5 Å². The number of amides is 1. The van der Waals surface area contributed by atoms with E-state index < -0.39 is 0 Å². The van der Waals surface area contributed by atoms with Crippen LogP contribution in [0.25, 0.3) is 10.9 Å². The maximum absolute atomic E-state index is 12.3. The SMILES string of the molecule is O=C(CCSc1ccccc1)Nc1ccc2c3c(c(=O)[nH]c2c1)CCCC3. The number of hydrogen-bond acceptors (Lipinski definition) is 3. The summed E-state index contributed by atoms with van der Waals surface area (Å²) in [6, 6.07) is 15.9. The number of nitrogens with one attached hydrogen (secondary N) is 2. The first-order valence-electron chi connectivity index (χ1n) is 9.36. The molecule has 5 heteroatoms. The molecule has 1 amide bonds. The average molecular weight is 378 g/mol.